The first-order chi connectivity index (χ1) is 20.5. The number of rotatable bonds is 2. The van der Waals surface area contributed by atoms with Gasteiger partial charge in [-0.2, -0.15) is 0 Å². The predicted octanol–water partition coefficient (Wildman–Crippen LogP) is 9.58. The van der Waals surface area contributed by atoms with Crippen LogP contribution in [0.5, 0.6) is 0 Å². The minimum atomic E-state index is -0.107. The lowest BCUT2D eigenvalue weighted by Gasteiger charge is -2.25. The van der Waals surface area contributed by atoms with Crippen molar-refractivity contribution >= 4 is 59.3 Å². The van der Waals surface area contributed by atoms with Gasteiger partial charge in [-0.3, -0.25) is 0 Å². The van der Waals surface area contributed by atoms with Crippen LogP contribution in [0, 0.1) is 0 Å². The van der Waals surface area contributed by atoms with Crippen molar-refractivity contribution in [1.82, 2.24) is 4.57 Å². The Labute approximate surface area is 252 Å². The molecule has 0 amide bonds. The van der Waals surface area contributed by atoms with Crippen LogP contribution in [0.25, 0.3) is 71.3 Å². The van der Waals surface area contributed by atoms with E-state index >= 15 is 0 Å². The lowest BCUT2D eigenvalue weighted by atomic mass is 9.81. The quantitative estimate of drug-likeness (QED) is 0.192. The Balaban J connectivity index is 1.33. The Kier molecular flexibility index (Phi) is 4.97. The van der Waals surface area contributed by atoms with Crippen LogP contribution in [0.2, 0.25) is 0 Å². The molecule has 202 valence electrons. The molecule has 5 aromatic carbocycles. The van der Waals surface area contributed by atoms with Gasteiger partial charge in [0.25, 0.3) is 0 Å². The van der Waals surface area contributed by atoms with Crippen molar-refractivity contribution in [2.75, 3.05) is 0 Å². The van der Waals surface area contributed by atoms with Gasteiger partial charge < -0.3 is 8.98 Å². The highest BCUT2D eigenvalue weighted by Crippen LogP contribution is 2.51. The van der Waals surface area contributed by atoms with E-state index in [-0.39, 0.29) is 5.41 Å². The second kappa shape index (κ2) is 8.59. The first-order valence-corrected chi connectivity index (χ1v) is 15.5. The molecule has 9 rings (SSSR count). The molecule has 0 saturated heterocycles. The van der Waals surface area contributed by atoms with Crippen LogP contribution in [-0.2, 0) is 5.41 Å². The summed E-state index contributed by atoms with van der Waals surface area (Å²) in [6.07, 6.45) is 4.23. The van der Waals surface area contributed by atoms with Crippen molar-refractivity contribution < 1.29 is 4.42 Å². The molecular weight excluding hydrogens is 578 g/mol. The molecule has 0 saturated carbocycles. The lowest BCUT2D eigenvalue weighted by molar-refractivity contribution is 0.571. The molecule has 42 heavy (non-hydrogen) atoms. The molecule has 0 spiro atoms. The van der Waals surface area contributed by atoms with Crippen LogP contribution in [0.3, 0.4) is 0 Å². The molecule has 0 fully saturated rings. The van der Waals surface area contributed by atoms with Gasteiger partial charge in [0.2, 0.25) is 0 Å². The van der Waals surface area contributed by atoms with Crippen LogP contribution in [0.4, 0.5) is 0 Å². The third kappa shape index (κ3) is 3.20. The van der Waals surface area contributed by atoms with Gasteiger partial charge in [0, 0.05) is 31.3 Å². The summed E-state index contributed by atoms with van der Waals surface area (Å²) in [6, 6.07) is 38.1. The van der Waals surface area contributed by atoms with E-state index in [1.807, 2.05) is 0 Å². The number of nitrogens with zero attached hydrogens (tertiary/aromatic N) is 1. The van der Waals surface area contributed by atoms with E-state index in [0.717, 1.165) is 23.8 Å². The highest BCUT2D eigenvalue weighted by molar-refractivity contribution is 9.14. The maximum Gasteiger partial charge on any atom is 0.135 e. The number of fused-ring (bicyclic) bond motifs is 9. The van der Waals surface area contributed by atoms with Crippen LogP contribution >= 0.6 is 15.9 Å². The van der Waals surface area contributed by atoms with E-state index in [1.54, 1.807) is 0 Å². The van der Waals surface area contributed by atoms with Crippen LogP contribution in [-0.4, -0.2) is 4.57 Å². The van der Waals surface area contributed by atoms with Gasteiger partial charge in [-0.25, -0.2) is 0 Å². The van der Waals surface area contributed by atoms with Gasteiger partial charge in [0.1, 0.15) is 11.0 Å². The van der Waals surface area contributed by atoms with Gasteiger partial charge >= 0.3 is 0 Å². The zero-order chi connectivity index (χ0) is 28.2. The Hall–Kier alpha value is -4.34. The number of hydrogen-bond acceptors (Lipinski definition) is 1. The minimum Gasteiger partial charge on any atom is -0.456 e. The molecule has 2 aliphatic rings. The molecule has 0 aliphatic heterocycles. The van der Waals surface area contributed by atoms with Crippen molar-refractivity contribution in [1.29, 1.82) is 0 Å². The van der Waals surface area contributed by atoms with E-state index in [9.17, 15) is 0 Å². The third-order valence-electron chi connectivity index (χ3n) is 9.49. The first kappa shape index (κ1) is 24.3. The van der Waals surface area contributed by atoms with Crippen molar-refractivity contribution in [2.45, 2.75) is 32.1 Å². The molecule has 0 N–H and O–H groups in total. The molecule has 2 heterocycles. The van der Waals surface area contributed by atoms with E-state index in [4.69, 9.17) is 4.42 Å². The molecule has 0 radical (unpaired) electrons. The average molecular weight is 607 g/mol. The molecule has 0 bridgehead atoms. The summed E-state index contributed by atoms with van der Waals surface area (Å²) < 4.78 is 9.94. The molecule has 2 nitrogen and oxygen atoms in total. The van der Waals surface area contributed by atoms with Gasteiger partial charge in [0.05, 0.1) is 16.7 Å². The first-order valence-electron chi connectivity index (χ1n) is 14.7. The lowest BCUT2D eigenvalue weighted by Crippen LogP contribution is -2.24. The van der Waals surface area contributed by atoms with Crippen molar-refractivity contribution in [3.05, 3.63) is 125 Å². The molecule has 0 unspecified atom stereocenters. The van der Waals surface area contributed by atoms with Gasteiger partial charge in [0.15, 0.2) is 0 Å². The number of benzene rings is 5. The zero-order valence-corrected chi connectivity index (χ0v) is 25.1. The summed E-state index contributed by atoms with van der Waals surface area (Å²) >= 11 is 3.83. The van der Waals surface area contributed by atoms with Gasteiger partial charge in [-0.05, 0) is 82.6 Å². The van der Waals surface area contributed by atoms with E-state index < -0.39 is 0 Å². The second-order valence-electron chi connectivity index (χ2n) is 12.2. The zero-order valence-electron chi connectivity index (χ0n) is 23.5. The molecule has 3 heteroatoms. The largest absolute Gasteiger partial charge is 0.456 e. The van der Waals surface area contributed by atoms with Crippen molar-refractivity contribution in [3.63, 3.8) is 0 Å². The number of furan rings is 1. The number of para-hydroxylation sites is 1. The fraction of sp³-hybridized carbons (Fsp3) is 0.128. The summed E-state index contributed by atoms with van der Waals surface area (Å²) in [7, 11) is 0. The topological polar surface area (TPSA) is 18.1 Å². The Morgan fingerprint density at radius 1 is 0.714 bits per heavy atom. The smallest absolute Gasteiger partial charge is 0.135 e. The minimum absolute atomic E-state index is 0.107. The van der Waals surface area contributed by atoms with Crippen LogP contribution in [0.15, 0.2) is 108 Å². The second-order valence-corrected chi connectivity index (χ2v) is 13.1. The third-order valence-corrected chi connectivity index (χ3v) is 10.3. The Bertz CT molecular complexity index is 2400. The monoisotopic (exact) mass is 605 g/mol. The molecule has 7 aromatic rings. The maximum absolute atomic E-state index is 6.22. The summed E-state index contributed by atoms with van der Waals surface area (Å²) in [5.41, 5.74) is 13.4. The SMILES string of the molecule is CC1(C)c2ccccc2-c2cccc(-n3c4ccccc4c4ccc(-c5ccc6oc7c(c6c5)=C(Br)CCC=7)cc43)c21. The van der Waals surface area contributed by atoms with Gasteiger partial charge in [-0.1, -0.05) is 103 Å². The normalized spacial score (nSPS) is 15.2. The van der Waals surface area contributed by atoms with Crippen molar-refractivity contribution in [3.8, 4) is 27.9 Å². The number of hydrogen-bond donors (Lipinski definition) is 0. The standard InChI is InChI=1S/C39H28BrNO/c1-39(2)30-12-5-3-9-25(30)28-11-7-15-33(38(28)39)41-32-14-6-4-10-26(32)27-19-17-24(22-34(27)41)23-18-20-35-29(21-23)37-31(40)13-8-16-36(37)42-35/h3-7,9-12,14-22H,8,13H2,1-2H3. The van der Waals surface area contributed by atoms with Crippen LogP contribution < -0.4 is 10.6 Å². The summed E-state index contributed by atoms with van der Waals surface area (Å²) in [4.78, 5) is 0. The molecular formula is C39H28BrNO. The average Bonchev–Trinajstić information content (AvgIpc) is 3.63. The van der Waals surface area contributed by atoms with Crippen molar-refractivity contribution in [2.24, 2.45) is 0 Å². The number of halogens is 1. The van der Waals surface area contributed by atoms with E-state index in [0.29, 0.717) is 0 Å². The summed E-state index contributed by atoms with van der Waals surface area (Å²) in [5.74, 6) is 0. The van der Waals surface area contributed by atoms with Gasteiger partial charge in [-0.15, -0.1) is 0 Å². The number of aromatic nitrogens is 1. The molecule has 0 atom stereocenters. The predicted molar refractivity (Wildman–Crippen MR) is 179 cm³/mol. The maximum atomic E-state index is 6.22. The highest BCUT2D eigenvalue weighted by Gasteiger charge is 2.38. The van der Waals surface area contributed by atoms with E-state index in [2.05, 4.69) is 144 Å². The summed E-state index contributed by atoms with van der Waals surface area (Å²) in [5, 5.41) is 4.92. The van der Waals surface area contributed by atoms with Crippen LogP contribution in [0.1, 0.15) is 37.8 Å². The fourth-order valence-electron chi connectivity index (χ4n) is 7.59. The molecule has 2 aliphatic carbocycles. The highest BCUT2D eigenvalue weighted by atomic mass is 79.9. The fourth-order valence-corrected chi connectivity index (χ4v) is 8.23. The Morgan fingerprint density at radius 2 is 1.48 bits per heavy atom. The molecule has 2 aromatic heterocycles. The summed E-state index contributed by atoms with van der Waals surface area (Å²) in [6.45, 7) is 4.74. The Morgan fingerprint density at radius 3 is 2.40 bits per heavy atom. The van der Waals surface area contributed by atoms with E-state index in [1.165, 1.54) is 76.0 Å².